The van der Waals surface area contributed by atoms with Crippen LogP contribution in [0.1, 0.15) is 65.7 Å². The van der Waals surface area contributed by atoms with Crippen molar-refractivity contribution in [3.05, 3.63) is 40.3 Å². The van der Waals surface area contributed by atoms with E-state index in [1.807, 2.05) is 24.3 Å². The molecule has 2 N–H and O–H groups in total. The summed E-state index contributed by atoms with van der Waals surface area (Å²) in [4.78, 5) is 39.6. The van der Waals surface area contributed by atoms with Gasteiger partial charge < -0.3 is 15.4 Å². The third-order valence-electron chi connectivity index (χ3n) is 6.26. The number of amides is 2. The van der Waals surface area contributed by atoms with Gasteiger partial charge in [0.05, 0.1) is 18.4 Å². The molecule has 0 bridgehead atoms. The van der Waals surface area contributed by atoms with Crippen LogP contribution in [0.2, 0.25) is 0 Å². The van der Waals surface area contributed by atoms with Crippen LogP contribution in [0.4, 0.5) is 10.7 Å². The highest BCUT2D eigenvalue weighted by Gasteiger charge is 2.27. The van der Waals surface area contributed by atoms with Gasteiger partial charge in [0.15, 0.2) is 0 Å². The maximum atomic E-state index is 12.7. The summed E-state index contributed by atoms with van der Waals surface area (Å²) in [7, 11) is 1.37. The normalized spacial score (nSPS) is 16.0. The molecule has 2 aliphatic carbocycles. The molecule has 4 rings (SSSR count). The molecule has 1 saturated carbocycles. The molecule has 1 heterocycles. The molecule has 176 valence electrons. The molecule has 2 aliphatic rings. The van der Waals surface area contributed by atoms with E-state index in [1.165, 1.54) is 41.5 Å². The van der Waals surface area contributed by atoms with Crippen molar-refractivity contribution in [2.75, 3.05) is 23.5 Å². The van der Waals surface area contributed by atoms with Crippen LogP contribution in [0.15, 0.2) is 29.2 Å². The van der Waals surface area contributed by atoms with Crippen molar-refractivity contribution in [1.29, 1.82) is 0 Å². The summed E-state index contributed by atoms with van der Waals surface area (Å²) in [5.41, 5.74) is 2.31. The minimum absolute atomic E-state index is 0.0894. The minimum Gasteiger partial charge on any atom is -0.465 e. The van der Waals surface area contributed by atoms with Crippen LogP contribution in [-0.2, 0) is 27.2 Å². The summed E-state index contributed by atoms with van der Waals surface area (Å²) < 4.78 is 4.98. The monoisotopic (exact) mass is 486 g/mol. The number of methoxy groups -OCH3 is 1. The molecule has 1 aromatic carbocycles. The maximum Gasteiger partial charge on any atom is 0.341 e. The first-order valence-corrected chi connectivity index (χ1v) is 13.4. The van der Waals surface area contributed by atoms with Gasteiger partial charge >= 0.3 is 5.97 Å². The van der Waals surface area contributed by atoms with Crippen LogP contribution >= 0.6 is 23.1 Å². The molecular formula is C25H30N2O4S2. The lowest BCUT2D eigenvalue weighted by Gasteiger charge is -2.20. The molecule has 0 aliphatic heterocycles. The number of anilines is 2. The van der Waals surface area contributed by atoms with Crippen LogP contribution in [0.5, 0.6) is 0 Å². The number of nitrogens with one attached hydrogen (secondary N) is 2. The van der Waals surface area contributed by atoms with Crippen molar-refractivity contribution in [3.63, 3.8) is 0 Å². The van der Waals surface area contributed by atoms with E-state index >= 15 is 0 Å². The number of rotatable bonds is 7. The molecule has 0 atom stereocenters. The van der Waals surface area contributed by atoms with Crippen LogP contribution in [-0.4, -0.2) is 30.6 Å². The fraction of sp³-hybridized carbons (Fsp3) is 0.480. The summed E-state index contributed by atoms with van der Waals surface area (Å²) in [5, 5.41) is 6.55. The third-order valence-corrected chi connectivity index (χ3v) is 8.46. The summed E-state index contributed by atoms with van der Waals surface area (Å²) in [6.45, 7) is 0. The molecule has 0 spiro atoms. The summed E-state index contributed by atoms with van der Waals surface area (Å²) in [6, 6.07) is 7.60. The molecule has 6 nitrogen and oxygen atoms in total. The first kappa shape index (κ1) is 23.8. The van der Waals surface area contributed by atoms with E-state index in [1.54, 1.807) is 0 Å². The highest BCUT2D eigenvalue weighted by atomic mass is 32.2. The maximum absolute atomic E-state index is 12.7. The van der Waals surface area contributed by atoms with Crippen LogP contribution < -0.4 is 10.6 Å². The SMILES string of the molecule is COC(=O)c1c(NC(=O)CSc2cccc(NC(=O)C3CCCCC3)c2)sc2c1CCCC2. The Morgan fingerprint density at radius 1 is 1.06 bits per heavy atom. The van der Waals surface area contributed by atoms with E-state index in [2.05, 4.69) is 10.6 Å². The molecule has 0 unspecified atom stereocenters. The molecule has 1 fully saturated rings. The topological polar surface area (TPSA) is 84.5 Å². The van der Waals surface area contributed by atoms with Gasteiger partial charge in [0.1, 0.15) is 5.00 Å². The summed E-state index contributed by atoms with van der Waals surface area (Å²) >= 11 is 2.89. The van der Waals surface area contributed by atoms with Gasteiger partial charge in [-0.1, -0.05) is 25.3 Å². The smallest absolute Gasteiger partial charge is 0.341 e. The zero-order chi connectivity index (χ0) is 23.2. The summed E-state index contributed by atoms with van der Waals surface area (Å²) in [5.74, 6) is -0.157. The van der Waals surface area contributed by atoms with Crippen molar-refractivity contribution in [3.8, 4) is 0 Å². The van der Waals surface area contributed by atoms with Crippen LogP contribution in [0, 0.1) is 5.92 Å². The van der Waals surface area contributed by atoms with Crippen molar-refractivity contribution in [1.82, 2.24) is 0 Å². The molecular weight excluding hydrogens is 456 g/mol. The quantitative estimate of drug-likeness (QED) is 0.389. The zero-order valence-electron chi connectivity index (χ0n) is 18.9. The van der Waals surface area contributed by atoms with E-state index in [-0.39, 0.29) is 23.5 Å². The van der Waals surface area contributed by atoms with E-state index in [4.69, 9.17) is 4.74 Å². The van der Waals surface area contributed by atoms with Crippen molar-refractivity contribution in [2.45, 2.75) is 62.7 Å². The number of thioether (sulfide) groups is 1. The van der Waals surface area contributed by atoms with Crippen molar-refractivity contribution >= 4 is 51.6 Å². The second-order valence-corrected chi connectivity index (χ2v) is 10.7. The van der Waals surface area contributed by atoms with Crippen LogP contribution in [0.25, 0.3) is 0 Å². The van der Waals surface area contributed by atoms with Crippen molar-refractivity contribution < 1.29 is 19.1 Å². The molecule has 0 radical (unpaired) electrons. The Morgan fingerprint density at radius 2 is 1.85 bits per heavy atom. The Bertz CT molecular complexity index is 1030. The molecule has 2 amide bonds. The zero-order valence-corrected chi connectivity index (χ0v) is 20.5. The van der Waals surface area contributed by atoms with E-state index < -0.39 is 5.97 Å². The number of benzene rings is 1. The number of carbonyl (C=O) groups is 3. The second kappa shape index (κ2) is 11.2. The van der Waals surface area contributed by atoms with Gasteiger partial charge in [-0.15, -0.1) is 23.1 Å². The number of hydrogen-bond donors (Lipinski definition) is 2. The number of aryl methyl sites for hydroxylation is 1. The number of thiophene rings is 1. The van der Waals surface area contributed by atoms with Gasteiger partial charge in [-0.2, -0.15) is 0 Å². The van der Waals surface area contributed by atoms with Gasteiger partial charge in [0.25, 0.3) is 0 Å². The minimum atomic E-state index is -0.390. The number of carbonyl (C=O) groups excluding carboxylic acids is 3. The predicted octanol–water partition coefficient (Wildman–Crippen LogP) is 5.66. The van der Waals surface area contributed by atoms with Crippen molar-refractivity contribution in [2.24, 2.45) is 5.92 Å². The molecule has 2 aromatic rings. The Labute approximate surface area is 202 Å². The molecule has 1 aromatic heterocycles. The van der Waals surface area contributed by atoms with Gasteiger partial charge in [-0.3, -0.25) is 9.59 Å². The van der Waals surface area contributed by atoms with Gasteiger partial charge in [-0.25, -0.2) is 4.79 Å². The highest BCUT2D eigenvalue weighted by Crippen LogP contribution is 2.38. The molecule has 0 saturated heterocycles. The lowest BCUT2D eigenvalue weighted by Crippen LogP contribution is -2.24. The first-order chi connectivity index (χ1) is 16.0. The largest absolute Gasteiger partial charge is 0.465 e. The number of hydrogen-bond acceptors (Lipinski definition) is 6. The van der Waals surface area contributed by atoms with Gasteiger partial charge in [0.2, 0.25) is 11.8 Å². The fourth-order valence-electron chi connectivity index (χ4n) is 4.56. The Hall–Kier alpha value is -2.32. The Balaban J connectivity index is 1.36. The molecule has 33 heavy (non-hydrogen) atoms. The van der Waals surface area contributed by atoms with Gasteiger partial charge in [0, 0.05) is 21.4 Å². The van der Waals surface area contributed by atoms with E-state index in [0.29, 0.717) is 10.6 Å². The summed E-state index contributed by atoms with van der Waals surface area (Å²) in [6.07, 6.45) is 9.30. The number of fused-ring (bicyclic) bond motifs is 1. The first-order valence-electron chi connectivity index (χ1n) is 11.6. The number of esters is 1. The lowest BCUT2D eigenvalue weighted by atomic mass is 9.88. The Morgan fingerprint density at radius 3 is 2.64 bits per heavy atom. The predicted molar refractivity (Wildman–Crippen MR) is 133 cm³/mol. The van der Waals surface area contributed by atoms with E-state index in [9.17, 15) is 14.4 Å². The van der Waals surface area contributed by atoms with Crippen LogP contribution in [0.3, 0.4) is 0 Å². The fourth-order valence-corrected chi connectivity index (χ4v) is 6.60. The lowest BCUT2D eigenvalue weighted by molar-refractivity contribution is -0.120. The van der Waals surface area contributed by atoms with E-state index in [0.717, 1.165) is 67.5 Å². The standard InChI is InChI=1S/C25H30N2O4S2/c1-31-25(30)22-19-12-5-6-13-20(19)33-24(22)27-21(28)15-32-18-11-7-10-17(14-18)26-23(29)16-8-3-2-4-9-16/h7,10-11,14,16H,2-6,8-9,12-13,15H2,1H3,(H,26,29)(H,27,28). The average molecular weight is 487 g/mol. The van der Waals surface area contributed by atoms with Gasteiger partial charge in [-0.05, 0) is 62.3 Å². The molecule has 8 heteroatoms. The second-order valence-electron chi connectivity index (χ2n) is 8.60. The number of ether oxygens (including phenoxy) is 1. The Kier molecular flexibility index (Phi) is 8.09. The highest BCUT2D eigenvalue weighted by molar-refractivity contribution is 8.00. The average Bonchev–Trinajstić information content (AvgIpc) is 3.20. The third kappa shape index (κ3) is 5.98.